The summed E-state index contributed by atoms with van der Waals surface area (Å²) in [7, 11) is 0. The number of carbonyl (C=O) groups is 1. The summed E-state index contributed by atoms with van der Waals surface area (Å²) < 4.78 is 70.5. The zero-order valence-corrected chi connectivity index (χ0v) is 18.6. The second kappa shape index (κ2) is 11.3. The van der Waals surface area contributed by atoms with Crippen molar-refractivity contribution in [3.63, 3.8) is 0 Å². The number of alkyl halides is 3. The summed E-state index contributed by atoms with van der Waals surface area (Å²) in [6.45, 7) is 0.0467. The van der Waals surface area contributed by atoms with E-state index in [0.717, 1.165) is 23.3 Å². The van der Waals surface area contributed by atoms with Crippen molar-refractivity contribution < 1.29 is 31.5 Å². The summed E-state index contributed by atoms with van der Waals surface area (Å²) in [6, 6.07) is 15.2. The van der Waals surface area contributed by atoms with Gasteiger partial charge in [-0.05, 0) is 72.9 Å². The van der Waals surface area contributed by atoms with Crippen LogP contribution < -0.4 is 5.32 Å². The Morgan fingerprint density at radius 2 is 1.44 bits per heavy atom. The smallest absolute Gasteiger partial charge is 0.417 e. The van der Waals surface area contributed by atoms with Gasteiger partial charge in [-0.2, -0.15) is 13.2 Å². The fraction of sp³-hybridized carbons (Fsp3) is 0.240. The average Bonchev–Trinajstić information content (AvgIpc) is 2.78. The Hall–Kier alpha value is -3.13. The summed E-state index contributed by atoms with van der Waals surface area (Å²) in [5, 5.41) is 1.78. The van der Waals surface area contributed by atoms with E-state index in [1.54, 1.807) is 24.3 Å². The van der Waals surface area contributed by atoms with Crippen LogP contribution in [0.15, 0.2) is 66.7 Å². The quantitative estimate of drug-likeness (QED) is 0.252. The number of benzene rings is 3. The number of amides is 1. The Morgan fingerprint density at radius 1 is 0.882 bits per heavy atom. The van der Waals surface area contributed by atoms with Crippen LogP contribution in [0.5, 0.6) is 0 Å². The molecule has 9 heteroatoms. The van der Waals surface area contributed by atoms with Gasteiger partial charge in [0, 0.05) is 11.6 Å². The van der Waals surface area contributed by atoms with Gasteiger partial charge in [-0.1, -0.05) is 35.9 Å². The van der Waals surface area contributed by atoms with Crippen LogP contribution in [0.4, 0.5) is 32.4 Å². The fourth-order valence-corrected chi connectivity index (χ4v) is 3.73. The van der Waals surface area contributed by atoms with E-state index in [-0.39, 0.29) is 29.8 Å². The van der Waals surface area contributed by atoms with E-state index in [4.69, 9.17) is 16.3 Å². The Morgan fingerprint density at radius 3 is 1.97 bits per heavy atom. The minimum absolute atomic E-state index is 0.0467. The van der Waals surface area contributed by atoms with Crippen molar-refractivity contribution in [2.24, 2.45) is 0 Å². The lowest BCUT2D eigenvalue weighted by molar-refractivity contribution is -0.137. The van der Waals surface area contributed by atoms with Gasteiger partial charge in [0.05, 0.1) is 17.2 Å². The molecule has 3 aromatic rings. The third-order valence-electron chi connectivity index (χ3n) is 5.18. The highest BCUT2D eigenvalue weighted by Crippen LogP contribution is 2.36. The highest BCUT2D eigenvalue weighted by molar-refractivity contribution is 6.31. The van der Waals surface area contributed by atoms with Gasteiger partial charge in [-0.15, -0.1) is 0 Å². The van der Waals surface area contributed by atoms with Crippen LogP contribution in [-0.4, -0.2) is 12.7 Å². The van der Waals surface area contributed by atoms with Crippen molar-refractivity contribution in [2.75, 3.05) is 11.9 Å². The first-order valence-electron chi connectivity index (χ1n) is 10.4. The predicted octanol–water partition coefficient (Wildman–Crippen LogP) is 8.19. The van der Waals surface area contributed by atoms with Gasteiger partial charge in [-0.25, -0.2) is 13.6 Å². The largest absolute Gasteiger partial charge is 0.449 e. The SMILES string of the molecule is O=C(Nc1ccc(Cl)c(C(F)(F)F)c1)OCCCCC(c1ccc(F)cc1)c1ccc(F)cc1. The number of rotatable bonds is 8. The standard InChI is InChI=1S/C25H21ClF5NO2/c26-23-13-12-20(15-22(23)25(29,30)31)32-24(33)34-14-2-1-3-21(16-4-8-18(27)9-5-16)17-6-10-19(28)11-7-17/h4-13,15,21H,1-3,14H2,(H,32,33). The van der Waals surface area contributed by atoms with Crippen molar-refractivity contribution >= 4 is 23.4 Å². The third-order valence-corrected chi connectivity index (χ3v) is 5.51. The van der Waals surface area contributed by atoms with Gasteiger partial charge in [0.2, 0.25) is 0 Å². The summed E-state index contributed by atoms with van der Waals surface area (Å²) in [6.07, 6.45) is -3.78. The topological polar surface area (TPSA) is 38.3 Å². The molecule has 0 unspecified atom stereocenters. The third kappa shape index (κ3) is 7.18. The molecule has 0 fully saturated rings. The molecule has 0 saturated carbocycles. The van der Waals surface area contributed by atoms with E-state index in [9.17, 15) is 26.7 Å². The number of halogens is 6. The molecule has 34 heavy (non-hydrogen) atoms. The number of hydrogen-bond donors (Lipinski definition) is 1. The van der Waals surface area contributed by atoms with Crippen LogP contribution >= 0.6 is 11.6 Å². The van der Waals surface area contributed by atoms with Crippen molar-refractivity contribution in [2.45, 2.75) is 31.4 Å². The highest BCUT2D eigenvalue weighted by Gasteiger charge is 2.33. The van der Waals surface area contributed by atoms with Crippen LogP contribution in [-0.2, 0) is 10.9 Å². The maximum Gasteiger partial charge on any atom is 0.417 e. The second-order valence-electron chi connectivity index (χ2n) is 7.60. The number of carbonyl (C=O) groups excluding carboxylic acids is 1. The molecule has 0 aliphatic carbocycles. The zero-order chi connectivity index (χ0) is 24.7. The molecule has 180 valence electrons. The molecule has 0 bridgehead atoms. The Labute approximate surface area is 198 Å². The molecule has 1 N–H and O–H groups in total. The second-order valence-corrected chi connectivity index (χ2v) is 8.01. The minimum atomic E-state index is -4.65. The number of unbranched alkanes of at least 4 members (excludes halogenated alkanes) is 1. The van der Waals surface area contributed by atoms with Crippen molar-refractivity contribution in [1.29, 1.82) is 0 Å². The highest BCUT2D eigenvalue weighted by atomic mass is 35.5. The molecule has 0 atom stereocenters. The monoisotopic (exact) mass is 497 g/mol. The summed E-state index contributed by atoms with van der Waals surface area (Å²) >= 11 is 5.56. The lowest BCUT2D eigenvalue weighted by Gasteiger charge is -2.18. The van der Waals surface area contributed by atoms with Gasteiger partial charge in [-0.3, -0.25) is 5.32 Å². The van der Waals surface area contributed by atoms with Gasteiger partial charge in [0.1, 0.15) is 11.6 Å². The number of nitrogens with one attached hydrogen (secondary N) is 1. The van der Waals surface area contributed by atoms with Crippen LogP contribution in [0.3, 0.4) is 0 Å². The van der Waals surface area contributed by atoms with Crippen LogP contribution in [0.2, 0.25) is 5.02 Å². The van der Waals surface area contributed by atoms with E-state index in [1.807, 2.05) is 0 Å². The number of hydrogen-bond acceptors (Lipinski definition) is 2. The first-order chi connectivity index (χ1) is 16.1. The molecule has 3 nitrogen and oxygen atoms in total. The van der Waals surface area contributed by atoms with E-state index >= 15 is 0 Å². The Kier molecular flexibility index (Phi) is 8.50. The molecule has 0 saturated heterocycles. The molecule has 0 aliphatic rings. The first-order valence-corrected chi connectivity index (χ1v) is 10.8. The van der Waals surface area contributed by atoms with Crippen LogP contribution in [0.1, 0.15) is 41.9 Å². The van der Waals surface area contributed by atoms with Gasteiger partial charge < -0.3 is 4.74 Å². The van der Waals surface area contributed by atoms with Crippen molar-refractivity contribution in [3.05, 3.63) is 100 Å². The van der Waals surface area contributed by atoms with E-state index in [1.165, 1.54) is 30.3 Å². The first kappa shape index (κ1) is 25.5. The molecule has 3 rings (SSSR count). The number of ether oxygens (including phenoxy) is 1. The molecule has 0 spiro atoms. The number of anilines is 1. The summed E-state index contributed by atoms with van der Waals surface area (Å²) in [5.74, 6) is -0.821. The maximum absolute atomic E-state index is 13.3. The van der Waals surface area contributed by atoms with E-state index < -0.39 is 22.9 Å². The summed E-state index contributed by atoms with van der Waals surface area (Å²) in [5.41, 5.74) is 0.596. The van der Waals surface area contributed by atoms with E-state index in [2.05, 4.69) is 5.32 Å². The molecule has 0 aliphatic heterocycles. The van der Waals surface area contributed by atoms with E-state index in [0.29, 0.717) is 19.3 Å². The molecular weight excluding hydrogens is 477 g/mol. The zero-order valence-electron chi connectivity index (χ0n) is 17.8. The van der Waals surface area contributed by atoms with Gasteiger partial charge >= 0.3 is 12.3 Å². The Bertz CT molecular complexity index is 1060. The Balaban J connectivity index is 1.52. The predicted molar refractivity (Wildman–Crippen MR) is 120 cm³/mol. The molecule has 0 radical (unpaired) electrons. The minimum Gasteiger partial charge on any atom is -0.449 e. The molecular formula is C25H21ClF5NO2. The molecule has 1 amide bonds. The van der Waals surface area contributed by atoms with Crippen LogP contribution in [0, 0.1) is 11.6 Å². The molecule has 0 heterocycles. The van der Waals surface area contributed by atoms with Crippen LogP contribution in [0.25, 0.3) is 0 Å². The van der Waals surface area contributed by atoms with Crippen molar-refractivity contribution in [1.82, 2.24) is 0 Å². The molecule has 0 aromatic heterocycles. The normalized spacial score (nSPS) is 11.5. The molecule has 3 aromatic carbocycles. The van der Waals surface area contributed by atoms with Gasteiger partial charge in [0.25, 0.3) is 0 Å². The maximum atomic E-state index is 13.3. The summed E-state index contributed by atoms with van der Waals surface area (Å²) in [4.78, 5) is 11.9. The lowest BCUT2D eigenvalue weighted by Crippen LogP contribution is -2.15. The average molecular weight is 498 g/mol. The van der Waals surface area contributed by atoms with Crippen molar-refractivity contribution in [3.8, 4) is 0 Å². The lowest BCUT2D eigenvalue weighted by atomic mass is 9.87. The fourth-order valence-electron chi connectivity index (χ4n) is 3.51. The van der Waals surface area contributed by atoms with Gasteiger partial charge in [0.15, 0.2) is 0 Å².